The van der Waals surface area contributed by atoms with Gasteiger partial charge in [0.2, 0.25) is 5.89 Å². The summed E-state index contributed by atoms with van der Waals surface area (Å²) in [6, 6.07) is 5.53. The summed E-state index contributed by atoms with van der Waals surface area (Å²) in [7, 11) is 3.19. The van der Waals surface area contributed by atoms with Crippen molar-refractivity contribution >= 4 is 11.6 Å². The Morgan fingerprint density at radius 3 is 2.50 bits per heavy atom. The van der Waals surface area contributed by atoms with Crippen LogP contribution in [0.2, 0.25) is 0 Å². The van der Waals surface area contributed by atoms with Gasteiger partial charge in [0.15, 0.2) is 17.3 Å². The normalized spacial score (nSPS) is 12.2. The number of aromatic nitrogens is 1. The molecule has 4 nitrogen and oxygen atoms in total. The molecule has 0 spiro atoms. The summed E-state index contributed by atoms with van der Waals surface area (Å²) in [6.45, 7) is 1.81. The summed E-state index contributed by atoms with van der Waals surface area (Å²) in [5.41, 5.74) is 0.865. The molecule has 0 bridgehead atoms. The van der Waals surface area contributed by atoms with Crippen LogP contribution in [-0.4, -0.2) is 19.2 Å². The third kappa shape index (κ3) is 2.43. The lowest BCUT2D eigenvalue weighted by atomic mass is 10.1. The van der Waals surface area contributed by atoms with Gasteiger partial charge < -0.3 is 13.9 Å². The molecule has 0 radical (unpaired) electrons. The lowest BCUT2D eigenvalue weighted by Crippen LogP contribution is -1.90. The summed E-state index contributed by atoms with van der Waals surface area (Å²) in [5.74, 6) is 2.47. The molecule has 0 amide bonds. The lowest BCUT2D eigenvalue weighted by molar-refractivity contribution is 0.355. The van der Waals surface area contributed by atoms with E-state index < -0.39 is 0 Å². The minimum Gasteiger partial charge on any atom is -0.493 e. The number of hydrogen-bond donors (Lipinski definition) is 0. The van der Waals surface area contributed by atoms with E-state index in [2.05, 4.69) is 4.98 Å². The van der Waals surface area contributed by atoms with Crippen molar-refractivity contribution in [1.29, 1.82) is 0 Å². The van der Waals surface area contributed by atoms with Crippen LogP contribution in [0.5, 0.6) is 11.5 Å². The summed E-state index contributed by atoms with van der Waals surface area (Å²) >= 11 is 5.91. The van der Waals surface area contributed by atoms with Crippen molar-refractivity contribution in [2.24, 2.45) is 0 Å². The molecule has 1 aromatic carbocycles. The van der Waals surface area contributed by atoms with Crippen LogP contribution in [0.1, 0.15) is 18.2 Å². The number of hydrogen-bond acceptors (Lipinski definition) is 4. The quantitative estimate of drug-likeness (QED) is 0.793. The highest BCUT2D eigenvalue weighted by molar-refractivity contribution is 6.20. The van der Waals surface area contributed by atoms with Crippen molar-refractivity contribution in [2.75, 3.05) is 14.2 Å². The van der Waals surface area contributed by atoms with Gasteiger partial charge in [-0.2, -0.15) is 0 Å². The van der Waals surface area contributed by atoms with Crippen LogP contribution >= 0.6 is 11.6 Å². The SMILES string of the molecule is COc1ccc(-c2cnc(C(C)Cl)o2)cc1OC. The Morgan fingerprint density at radius 2 is 1.94 bits per heavy atom. The fraction of sp³-hybridized carbons (Fsp3) is 0.308. The Labute approximate surface area is 110 Å². The fourth-order valence-electron chi connectivity index (χ4n) is 1.59. The third-order valence-electron chi connectivity index (χ3n) is 2.53. The molecule has 2 rings (SSSR count). The molecule has 96 valence electrons. The average Bonchev–Trinajstić information content (AvgIpc) is 2.87. The van der Waals surface area contributed by atoms with E-state index in [4.69, 9.17) is 25.5 Å². The number of oxazole rings is 1. The second kappa shape index (κ2) is 5.31. The molecule has 0 aliphatic carbocycles. The van der Waals surface area contributed by atoms with Gasteiger partial charge in [-0.15, -0.1) is 11.6 Å². The van der Waals surface area contributed by atoms with Crippen molar-refractivity contribution < 1.29 is 13.9 Å². The first-order valence-electron chi connectivity index (χ1n) is 5.48. The van der Waals surface area contributed by atoms with Crippen molar-refractivity contribution in [1.82, 2.24) is 4.98 Å². The number of alkyl halides is 1. The Morgan fingerprint density at radius 1 is 1.22 bits per heavy atom. The molecule has 2 aromatic rings. The summed E-state index contributed by atoms with van der Waals surface area (Å²) in [6.07, 6.45) is 1.65. The third-order valence-corrected chi connectivity index (χ3v) is 2.72. The number of methoxy groups -OCH3 is 2. The molecule has 0 N–H and O–H groups in total. The largest absolute Gasteiger partial charge is 0.493 e. The minimum absolute atomic E-state index is 0.251. The zero-order valence-corrected chi connectivity index (χ0v) is 11.2. The van der Waals surface area contributed by atoms with E-state index in [-0.39, 0.29) is 5.38 Å². The van der Waals surface area contributed by atoms with Gasteiger partial charge >= 0.3 is 0 Å². The summed E-state index contributed by atoms with van der Waals surface area (Å²) in [5, 5.41) is -0.251. The molecule has 1 atom stereocenters. The highest BCUT2D eigenvalue weighted by atomic mass is 35.5. The van der Waals surface area contributed by atoms with Crippen LogP contribution in [0, 0.1) is 0 Å². The molecule has 0 saturated carbocycles. The van der Waals surface area contributed by atoms with Crippen molar-refractivity contribution in [3.8, 4) is 22.8 Å². The van der Waals surface area contributed by atoms with E-state index in [0.29, 0.717) is 23.1 Å². The second-order valence-electron chi connectivity index (χ2n) is 3.75. The first kappa shape index (κ1) is 12.8. The van der Waals surface area contributed by atoms with E-state index in [1.165, 1.54) is 0 Å². The van der Waals surface area contributed by atoms with E-state index in [0.717, 1.165) is 5.56 Å². The number of halogens is 1. The minimum atomic E-state index is -0.251. The maximum atomic E-state index is 5.91. The molecule has 18 heavy (non-hydrogen) atoms. The maximum absolute atomic E-state index is 5.91. The van der Waals surface area contributed by atoms with E-state index >= 15 is 0 Å². The lowest BCUT2D eigenvalue weighted by Gasteiger charge is -2.08. The maximum Gasteiger partial charge on any atom is 0.212 e. The Balaban J connectivity index is 2.38. The smallest absolute Gasteiger partial charge is 0.212 e. The monoisotopic (exact) mass is 267 g/mol. The standard InChI is InChI=1S/C13H14ClNO3/c1-8(14)13-15-7-12(18-13)9-4-5-10(16-2)11(6-9)17-3/h4-8H,1-3H3. The molecule has 1 heterocycles. The zero-order valence-electron chi connectivity index (χ0n) is 10.4. The highest BCUT2D eigenvalue weighted by Gasteiger charge is 2.12. The van der Waals surface area contributed by atoms with Crippen molar-refractivity contribution in [3.05, 3.63) is 30.3 Å². The molecular weight excluding hydrogens is 254 g/mol. The van der Waals surface area contributed by atoms with E-state index in [9.17, 15) is 0 Å². The Hall–Kier alpha value is -1.68. The van der Waals surface area contributed by atoms with Gasteiger partial charge in [-0.25, -0.2) is 4.98 Å². The number of benzene rings is 1. The molecular formula is C13H14ClNO3. The van der Waals surface area contributed by atoms with Crippen LogP contribution in [-0.2, 0) is 0 Å². The Bertz CT molecular complexity index is 537. The number of nitrogens with zero attached hydrogens (tertiary/aromatic N) is 1. The molecule has 0 fully saturated rings. The van der Waals surface area contributed by atoms with Gasteiger partial charge in [-0.05, 0) is 25.1 Å². The van der Waals surface area contributed by atoms with Crippen LogP contribution in [0.4, 0.5) is 0 Å². The molecule has 5 heteroatoms. The van der Waals surface area contributed by atoms with Crippen LogP contribution in [0.25, 0.3) is 11.3 Å². The van der Waals surface area contributed by atoms with Gasteiger partial charge in [0.05, 0.1) is 20.4 Å². The zero-order chi connectivity index (χ0) is 13.1. The van der Waals surface area contributed by atoms with Gasteiger partial charge in [-0.1, -0.05) is 0 Å². The predicted octanol–water partition coefficient (Wildman–Crippen LogP) is 3.66. The van der Waals surface area contributed by atoms with Crippen molar-refractivity contribution in [2.45, 2.75) is 12.3 Å². The summed E-state index contributed by atoms with van der Waals surface area (Å²) < 4.78 is 16.0. The Kier molecular flexibility index (Phi) is 3.77. The highest BCUT2D eigenvalue weighted by Crippen LogP contribution is 2.33. The van der Waals surface area contributed by atoms with E-state index in [1.54, 1.807) is 20.4 Å². The summed E-state index contributed by atoms with van der Waals surface area (Å²) in [4.78, 5) is 4.12. The van der Waals surface area contributed by atoms with Gasteiger partial charge in [0.25, 0.3) is 0 Å². The molecule has 1 aromatic heterocycles. The van der Waals surface area contributed by atoms with E-state index in [1.807, 2.05) is 25.1 Å². The van der Waals surface area contributed by atoms with Crippen LogP contribution in [0.15, 0.2) is 28.8 Å². The number of ether oxygens (including phenoxy) is 2. The van der Waals surface area contributed by atoms with Crippen molar-refractivity contribution in [3.63, 3.8) is 0 Å². The first-order valence-corrected chi connectivity index (χ1v) is 5.91. The average molecular weight is 268 g/mol. The molecule has 0 aliphatic rings. The van der Waals surface area contributed by atoms with Gasteiger partial charge in [-0.3, -0.25) is 0 Å². The van der Waals surface area contributed by atoms with Gasteiger partial charge in [0, 0.05) is 5.56 Å². The topological polar surface area (TPSA) is 44.5 Å². The number of rotatable bonds is 4. The second-order valence-corrected chi connectivity index (χ2v) is 4.40. The van der Waals surface area contributed by atoms with Gasteiger partial charge in [0.1, 0.15) is 5.38 Å². The molecule has 0 saturated heterocycles. The first-order chi connectivity index (χ1) is 8.65. The molecule has 0 aliphatic heterocycles. The fourth-order valence-corrected chi connectivity index (χ4v) is 1.70. The molecule has 1 unspecified atom stereocenters. The predicted molar refractivity (Wildman–Crippen MR) is 69.3 cm³/mol. The van der Waals surface area contributed by atoms with Crippen LogP contribution < -0.4 is 9.47 Å². The van der Waals surface area contributed by atoms with Crippen LogP contribution in [0.3, 0.4) is 0 Å².